The van der Waals surface area contributed by atoms with Gasteiger partial charge in [0.2, 0.25) is 0 Å². The fraction of sp³-hybridized carbons (Fsp3) is 0.960. The highest BCUT2D eigenvalue weighted by molar-refractivity contribution is 5.68. The number of esters is 1. The maximum atomic E-state index is 11.2. The van der Waals surface area contributed by atoms with E-state index in [0.717, 1.165) is 57.8 Å². The number of rotatable bonds is 24. The smallest absolute Gasteiger partial charge is 0.305 e. The third-order valence-electron chi connectivity index (χ3n) is 6.68. The summed E-state index contributed by atoms with van der Waals surface area (Å²) in [7, 11) is 1.38. The summed E-state index contributed by atoms with van der Waals surface area (Å²) in [6.07, 6.45) is 7.15. The molecule has 0 aliphatic carbocycles. The summed E-state index contributed by atoms with van der Waals surface area (Å²) in [6, 6.07) is -1.13. The van der Waals surface area contributed by atoms with Crippen molar-refractivity contribution >= 4 is 5.97 Å². The molecule has 0 heterocycles. The van der Waals surface area contributed by atoms with Crippen molar-refractivity contribution in [3.8, 4) is 0 Å². The van der Waals surface area contributed by atoms with Crippen LogP contribution in [0.2, 0.25) is 0 Å². The lowest BCUT2D eigenvalue weighted by atomic mass is 9.90. The molecule has 0 aliphatic rings. The minimum absolute atomic E-state index is 0.146. The average molecular weight is 509 g/mol. The Kier molecular flexibility index (Phi) is 21.8. The molecule has 0 amide bonds. The van der Waals surface area contributed by atoms with E-state index in [0.29, 0.717) is 19.3 Å². The van der Waals surface area contributed by atoms with Gasteiger partial charge in [-0.1, -0.05) is 58.3 Å². The SMILES string of the molecule is CCCCCCC(C(O)C(O)C(CCCCCCCC(=O)OC)N(CCO)CCO)N(CO)CO. The van der Waals surface area contributed by atoms with Gasteiger partial charge in [0.15, 0.2) is 0 Å². The minimum atomic E-state index is -1.22. The van der Waals surface area contributed by atoms with Gasteiger partial charge in [-0.25, -0.2) is 0 Å². The zero-order valence-electron chi connectivity index (χ0n) is 21.9. The van der Waals surface area contributed by atoms with Crippen LogP contribution in [0, 0.1) is 0 Å². The first kappa shape index (κ1) is 34.1. The number of carbonyl (C=O) groups is 1. The maximum absolute atomic E-state index is 11.2. The molecule has 0 bridgehead atoms. The number of hydrogen-bond acceptors (Lipinski definition) is 10. The fourth-order valence-electron chi connectivity index (χ4n) is 4.58. The summed E-state index contributed by atoms with van der Waals surface area (Å²) in [5.74, 6) is -0.213. The van der Waals surface area contributed by atoms with Crippen LogP contribution in [0.1, 0.15) is 84.0 Å². The minimum Gasteiger partial charge on any atom is -0.469 e. The van der Waals surface area contributed by atoms with E-state index in [-0.39, 0.29) is 32.3 Å². The van der Waals surface area contributed by atoms with Gasteiger partial charge >= 0.3 is 5.97 Å². The molecule has 0 saturated carbocycles. The van der Waals surface area contributed by atoms with Crippen molar-refractivity contribution in [3.63, 3.8) is 0 Å². The molecule has 0 fully saturated rings. The van der Waals surface area contributed by atoms with Crippen molar-refractivity contribution in [2.45, 2.75) is 108 Å². The van der Waals surface area contributed by atoms with Crippen LogP contribution < -0.4 is 0 Å². The molecule has 0 aromatic rings. The number of carbonyl (C=O) groups excluding carboxylic acids is 1. The van der Waals surface area contributed by atoms with E-state index < -0.39 is 37.8 Å². The van der Waals surface area contributed by atoms with Gasteiger partial charge in [-0.15, -0.1) is 0 Å². The molecular formula is C25H52N2O8. The van der Waals surface area contributed by atoms with Gasteiger partial charge in [-0.3, -0.25) is 14.6 Å². The lowest BCUT2D eigenvalue weighted by Gasteiger charge is -2.40. The van der Waals surface area contributed by atoms with E-state index in [1.54, 1.807) is 4.90 Å². The van der Waals surface area contributed by atoms with Gasteiger partial charge in [-0.05, 0) is 19.3 Å². The summed E-state index contributed by atoms with van der Waals surface area (Å²) >= 11 is 0. The first-order valence-corrected chi connectivity index (χ1v) is 13.3. The Morgan fingerprint density at radius 2 is 1.17 bits per heavy atom. The predicted molar refractivity (Wildman–Crippen MR) is 134 cm³/mol. The highest BCUT2D eigenvalue weighted by Gasteiger charge is 2.37. The summed E-state index contributed by atoms with van der Waals surface area (Å²) in [4.78, 5) is 14.4. The Hall–Kier alpha value is -0.850. The largest absolute Gasteiger partial charge is 0.469 e. The molecule has 210 valence electrons. The predicted octanol–water partition coefficient (Wildman–Crippen LogP) is 0.808. The molecule has 0 radical (unpaired) electrons. The van der Waals surface area contributed by atoms with E-state index in [4.69, 9.17) is 0 Å². The van der Waals surface area contributed by atoms with Crippen LogP contribution >= 0.6 is 0 Å². The van der Waals surface area contributed by atoms with Crippen LogP contribution in [0.4, 0.5) is 0 Å². The van der Waals surface area contributed by atoms with Gasteiger partial charge in [0.1, 0.15) is 0 Å². The quantitative estimate of drug-likeness (QED) is 0.0627. The lowest BCUT2D eigenvalue weighted by molar-refractivity contribution is -0.140. The molecule has 35 heavy (non-hydrogen) atoms. The van der Waals surface area contributed by atoms with Crippen LogP contribution in [-0.2, 0) is 9.53 Å². The zero-order valence-corrected chi connectivity index (χ0v) is 21.9. The van der Waals surface area contributed by atoms with E-state index in [2.05, 4.69) is 11.7 Å². The maximum Gasteiger partial charge on any atom is 0.305 e. The van der Waals surface area contributed by atoms with Crippen LogP contribution in [-0.4, -0.2) is 118 Å². The molecule has 0 aromatic carbocycles. The van der Waals surface area contributed by atoms with Crippen molar-refractivity contribution in [2.75, 3.05) is 46.9 Å². The summed E-state index contributed by atoms with van der Waals surface area (Å²) in [6.45, 7) is 1.43. The molecule has 0 spiro atoms. The number of aliphatic hydroxyl groups is 6. The molecule has 4 atom stereocenters. The van der Waals surface area contributed by atoms with Crippen LogP contribution in [0.5, 0.6) is 0 Å². The van der Waals surface area contributed by atoms with Crippen LogP contribution in [0.25, 0.3) is 0 Å². The highest BCUT2D eigenvalue weighted by atomic mass is 16.5. The Balaban J connectivity index is 5.24. The lowest BCUT2D eigenvalue weighted by Crippen LogP contribution is -2.57. The van der Waals surface area contributed by atoms with E-state index in [1.165, 1.54) is 12.0 Å². The normalized spacial score (nSPS) is 15.4. The Morgan fingerprint density at radius 3 is 1.63 bits per heavy atom. The number of methoxy groups -OCH3 is 1. The molecule has 6 N–H and O–H groups in total. The Labute approximate surface area is 211 Å². The zero-order chi connectivity index (χ0) is 26.5. The molecule has 0 rings (SSSR count). The van der Waals surface area contributed by atoms with Crippen molar-refractivity contribution in [1.82, 2.24) is 9.80 Å². The van der Waals surface area contributed by atoms with Crippen molar-refractivity contribution in [3.05, 3.63) is 0 Å². The summed E-state index contributed by atoms with van der Waals surface area (Å²) in [5, 5.41) is 60.9. The van der Waals surface area contributed by atoms with Crippen molar-refractivity contribution < 1.29 is 40.2 Å². The Morgan fingerprint density at radius 1 is 0.714 bits per heavy atom. The first-order chi connectivity index (χ1) is 16.9. The first-order valence-electron chi connectivity index (χ1n) is 13.3. The monoisotopic (exact) mass is 508 g/mol. The number of unbranched alkanes of at least 4 members (excludes halogenated alkanes) is 7. The van der Waals surface area contributed by atoms with Gasteiger partial charge in [0.05, 0.1) is 46.0 Å². The second-order valence-electron chi connectivity index (χ2n) is 9.20. The number of hydrogen-bond donors (Lipinski definition) is 6. The highest BCUT2D eigenvalue weighted by Crippen LogP contribution is 2.23. The number of aliphatic hydroxyl groups excluding tert-OH is 6. The fourth-order valence-corrected chi connectivity index (χ4v) is 4.58. The Bertz CT molecular complexity index is 490. The van der Waals surface area contributed by atoms with Gasteiger partial charge in [-0.2, -0.15) is 0 Å². The van der Waals surface area contributed by atoms with E-state index >= 15 is 0 Å². The second-order valence-corrected chi connectivity index (χ2v) is 9.20. The third kappa shape index (κ3) is 14.5. The molecule has 10 nitrogen and oxygen atoms in total. The second kappa shape index (κ2) is 22.4. The molecular weight excluding hydrogens is 456 g/mol. The van der Waals surface area contributed by atoms with Gasteiger partial charge in [0, 0.05) is 31.6 Å². The summed E-state index contributed by atoms with van der Waals surface area (Å²) < 4.78 is 4.65. The van der Waals surface area contributed by atoms with E-state index in [9.17, 15) is 35.4 Å². The topological polar surface area (TPSA) is 154 Å². The molecule has 0 saturated heterocycles. The van der Waals surface area contributed by atoms with Gasteiger partial charge in [0.25, 0.3) is 0 Å². The summed E-state index contributed by atoms with van der Waals surface area (Å²) in [5.41, 5.74) is 0. The molecule has 0 aromatic heterocycles. The number of ether oxygens (including phenoxy) is 1. The number of nitrogens with zero attached hydrogens (tertiary/aromatic N) is 2. The standard InChI is InChI=1S/C25H52N2O8/c1-3-4-5-9-13-22(27(19-30)20-31)25(34)24(33)21(26(15-17-28)16-18-29)12-10-7-6-8-11-14-23(32)35-2/h21-22,24-25,28-31,33-34H,3-20H2,1-2H3. The molecule has 10 heteroatoms. The van der Waals surface area contributed by atoms with Gasteiger partial charge < -0.3 is 35.4 Å². The van der Waals surface area contributed by atoms with Crippen LogP contribution in [0.3, 0.4) is 0 Å². The van der Waals surface area contributed by atoms with Crippen molar-refractivity contribution in [1.29, 1.82) is 0 Å². The molecule has 0 aliphatic heterocycles. The van der Waals surface area contributed by atoms with Crippen LogP contribution in [0.15, 0.2) is 0 Å². The van der Waals surface area contributed by atoms with Crippen molar-refractivity contribution in [2.24, 2.45) is 0 Å². The van der Waals surface area contributed by atoms with E-state index in [1.807, 2.05) is 0 Å². The molecule has 4 unspecified atom stereocenters. The average Bonchev–Trinajstić information content (AvgIpc) is 2.86. The third-order valence-corrected chi connectivity index (χ3v) is 6.68.